The van der Waals surface area contributed by atoms with E-state index in [9.17, 15) is 93.4 Å². The van der Waals surface area contributed by atoms with Crippen LogP contribution in [0.25, 0.3) is 10.9 Å². The molecule has 4 rings (SSSR count). The summed E-state index contributed by atoms with van der Waals surface area (Å²) < 4.78 is 84.9. The topological polar surface area (TPSA) is 571 Å². The van der Waals surface area contributed by atoms with Crippen molar-refractivity contribution < 1.29 is 97.5 Å². The van der Waals surface area contributed by atoms with Crippen LogP contribution < -0.4 is 69.8 Å². The number of carbonyl (C=O) groups is 13. The number of para-hydroxylation sites is 1. The van der Waals surface area contributed by atoms with Crippen molar-refractivity contribution in [2.45, 2.75) is 231 Å². The van der Waals surface area contributed by atoms with Crippen LogP contribution in [-0.4, -0.2) is 228 Å². The zero-order valence-corrected chi connectivity index (χ0v) is 69.6. The highest BCUT2D eigenvalue weighted by Gasteiger charge is 2.56. The van der Waals surface area contributed by atoms with Gasteiger partial charge in [-0.05, 0) is 89.2 Å². The monoisotopic (exact) mass is 1660 g/mol. The number of hydrogen-bond donors (Lipinski definition) is 17. The van der Waals surface area contributed by atoms with E-state index in [1.165, 1.54) is 38.6 Å². The highest BCUT2D eigenvalue weighted by molar-refractivity contribution is 7.86. The molecule has 0 aliphatic carbocycles. The number of H-pyrrole nitrogens is 2. The van der Waals surface area contributed by atoms with Crippen molar-refractivity contribution >= 4 is 122 Å². The van der Waals surface area contributed by atoms with Crippen molar-refractivity contribution in [3.63, 3.8) is 0 Å². The van der Waals surface area contributed by atoms with Gasteiger partial charge < -0.3 is 88.7 Å². The SMILES string of the molecule is CC(C)C[C@H](NC(=O)C[C@H](O)[C@H](CC(C)C)NC(=O)[C@H](Cc1cnc[nH]1)NC(=O)CN(C)C(=O)[C@@H](NC(=O)[C@H](C)NC(=O)[C@H](Cc1c[nH]c2ccccc12)NC(=O)[C@H](CCC(N)=O)NC(=O)CCCCNC(=O)[C@H](CS(=O)(=O)O)NC(=O)[C@H](CS(=O)(=O)O)NC(=O)Cc1ccc([Si](F)(C(C)(C)C)C(C)(C)C)cc1)C(C)C)C(N)=O. The van der Waals surface area contributed by atoms with E-state index in [-0.39, 0.29) is 69.7 Å². The van der Waals surface area contributed by atoms with Crippen LogP contribution in [-0.2, 0) is 102 Å². The number of aromatic nitrogens is 3. The molecule has 0 fully saturated rings. The minimum atomic E-state index is -5.08. The minimum absolute atomic E-state index is 0.00199. The van der Waals surface area contributed by atoms with Gasteiger partial charge in [-0.25, -0.2) is 4.98 Å². The highest BCUT2D eigenvalue weighted by atomic mass is 32.2. The summed E-state index contributed by atoms with van der Waals surface area (Å²) >= 11 is 0. The minimum Gasteiger partial charge on any atom is -0.390 e. The molecule has 2 aromatic carbocycles. The molecule has 0 saturated heterocycles. The van der Waals surface area contributed by atoms with Gasteiger partial charge in [0.2, 0.25) is 76.8 Å². The molecule has 0 spiro atoms. The number of amides is 13. The third-order valence-electron chi connectivity index (χ3n) is 18.7. The normalized spacial score (nSPS) is 14.8. The molecule has 0 saturated carbocycles. The van der Waals surface area contributed by atoms with E-state index in [1.54, 1.807) is 98.0 Å². The second-order valence-corrected chi connectivity index (χ2v) is 39.8. The second-order valence-electron chi connectivity index (χ2n) is 31.9. The van der Waals surface area contributed by atoms with Gasteiger partial charge in [0, 0.05) is 68.3 Å². The number of carbonyl (C=O) groups excluding carboxylic acids is 13. The summed E-state index contributed by atoms with van der Waals surface area (Å²) in [6, 6.07) is -0.375. The number of imidazole rings is 1. The zero-order valence-electron chi connectivity index (χ0n) is 67.0. The average molecular weight is 1660 g/mol. The second kappa shape index (κ2) is 43.1. The lowest BCUT2D eigenvalue weighted by Crippen LogP contribution is -2.59. The Balaban J connectivity index is 1.44. The van der Waals surface area contributed by atoms with Crippen LogP contribution in [0.4, 0.5) is 4.11 Å². The van der Waals surface area contributed by atoms with Crippen LogP contribution in [0.5, 0.6) is 0 Å². The fraction of sp³-hybridized carbons (Fsp3) is 0.595. The van der Waals surface area contributed by atoms with E-state index in [2.05, 4.69) is 62.8 Å². The Morgan fingerprint density at radius 2 is 1.12 bits per heavy atom. The molecule has 2 aromatic heterocycles. The first-order chi connectivity index (χ1) is 52.8. The molecule has 0 unspecified atom stereocenters. The summed E-state index contributed by atoms with van der Waals surface area (Å²) in [4.78, 5) is 187. The summed E-state index contributed by atoms with van der Waals surface area (Å²) in [5.41, 5.74) is 12.9. The number of fused-ring (bicyclic) bond motifs is 1. The number of nitrogens with one attached hydrogen (secondary N) is 12. The zero-order chi connectivity index (χ0) is 86.1. The number of rotatable bonds is 46. The lowest BCUT2D eigenvalue weighted by molar-refractivity contribution is -0.140. The Morgan fingerprint density at radius 1 is 0.588 bits per heavy atom. The molecule has 634 valence electrons. The number of likely N-dealkylation sites (N-methyl/N-ethyl adjacent to an activating group) is 1. The van der Waals surface area contributed by atoms with E-state index in [4.69, 9.17) is 11.5 Å². The molecular formula is C74H115FN16O20S2Si. The van der Waals surface area contributed by atoms with E-state index < -0.39 is 219 Å². The predicted molar refractivity (Wildman–Crippen MR) is 423 cm³/mol. The van der Waals surface area contributed by atoms with Crippen molar-refractivity contribution in [3.8, 4) is 0 Å². The Kier molecular flexibility index (Phi) is 36.5. The van der Waals surface area contributed by atoms with E-state index >= 15 is 4.11 Å². The van der Waals surface area contributed by atoms with E-state index in [0.29, 0.717) is 32.9 Å². The molecule has 0 aliphatic heterocycles. The van der Waals surface area contributed by atoms with Crippen molar-refractivity contribution in [2.24, 2.45) is 29.2 Å². The molecule has 0 radical (unpaired) electrons. The highest BCUT2D eigenvalue weighted by Crippen LogP contribution is 2.51. The number of aliphatic hydroxyl groups is 1. The fourth-order valence-corrected chi connectivity index (χ4v) is 19.0. The molecule has 40 heteroatoms. The Hall–Kier alpha value is -9.77. The molecule has 0 bridgehead atoms. The third-order valence-corrected chi connectivity index (χ3v) is 25.5. The third kappa shape index (κ3) is 31.5. The van der Waals surface area contributed by atoms with Gasteiger partial charge in [0.05, 0.1) is 37.9 Å². The van der Waals surface area contributed by atoms with Crippen molar-refractivity contribution in [1.29, 1.82) is 0 Å². The molecule has 4 aromatic rings. The first-order valence-electron chi connectivity index (χ1n) is 37.5. The number of aliphatic hydroxyl groups excluding tert-OH is 1. The molecule has 36 nitrogen and oxygen atoms in total. The fourth-order valence-electron chi connectivity index (χ4n) is 13.1. The van der Waals surface area contributed by atoms with E-state index in [0.717, 1.165) is 4.90 Å². The largest absolute Gasteiger partial charge is 0.390 e. The number of unbranched alkanes of at least 4 members (excludes halogenated alkanes) is 1. The lowest BCUT2D eigenvalue weighted by Gasteiger charge is -2.44. The van der Waals surface area contributed by atoms with Gasteiger partial charge in [-0.1, -0.05) is 126 Å². The van der Waals surface area contributed by atoms with Gasteiger partial charge in [-0.2, -0.15) is 16.8 Å². The maximum absolute atomic E-state index is 16.9. The summed E-state index contributed by atoms with van der Waals surface area (Å²) in [5.74, 6) is -15.6. The van der Waals surface area contributed by atoms with Crippen LogP contribution in [0.2, 0.25) is 10.1 Å². The smallest absolute Gasteiger partial charge is 0.288 e. The molecule has 2 heterocycles. The maximum atomic E-state index is 16.9. The molecular weight excluding hydrogens is 1540 g/mol. The van der Waals surface area contributed by atoms with Crippen LogP contribution in [0.1, 0.15) is 158 Å². The van der Waals surface area contributed by atoms with Gasteiger partial charge in [0.25, 0.3) is 28.6 Å². The van der Waals surface area contributed by atoms with Crippen LogP contribution in [0.15, 0.2) is 67.3 Å². The number of benzene rings is 2. The van der Waals surface area contributed by atoms with Crippen LogP contribution in [0, 0.1) is 17.8 Å². The van der Waals surface area contributed by atoms with Crippen molar-refractivity contribution in [3.05, 3.63) is 84.1 Å². The number of aromatic amines is 2. The number of hydrogen-bond acceptors (Lipinski definition) is 19. The van der Waals surface area contributed by atoms with Crippen LogP contribution >= 0.6 is 0 Å². The van der Waals surface area contributed by atoms with Gasteiger partial charge in [0.15, 0.2) is 0 Å². The summed E-state index contributed by atoms with van der Waals surface area (Å²) in [5, 5.41) is 35.7. The Labute approximate surface area is 664 Å². The Bertz CT molecular complexity index is 4230. The standard InChI is InChI=1S/C74H115FN16O20S2Si/c1-41(2)29-52(58(92)34-62(96)84-53(65(77)98)30-42(3)4)87-70(103)55(33-47-36-78-40-81-47)85-63(97)37-91(14)72(105)64(43(5)6)90-66(99)44(7)82-69(102)54(32-46-35-80-50-20-16-15-19-49(46)50)88-68(101)51(26-27-59(76)93)83-60(94)21-17-18-28-79-67(100)56(38-112(106,107)108)89-71(104)57(39-113(109,110)111)86-61(95)31-45-22-24-48(25-23-45)114(75,73(8,9)10)74(11,12)13/h15-16,19-20,22-25,35-36,40-44,51-58,64,80,92H,17-18,21,26-34,37-39H2,1-14H3,(H2,76,93)(H2,77,98)(H,78,81)(H,79,100)(H,82,102)(H,83,94)(H,84,96)(H,85,97)(H,86,95)(H,87,103)(H,88,101)(H,89,104)(H,90,99)(H,106,107,108)(H,109,110,111)/t44-,51-,52-,53-,54-,55-,56-,57-,58-,64-/m0/s1. The first kappa shape index (κ1) is 96.6. The van der Waals surface area contributed by atoms with Crippen molar-refractivity contribution in [2.75, 3.05) is 31.6 Å². The summed E-state index contributed by atoms with van der Waals surface area (Å²) in [6.07, 6.45) is 0.660. The molecule has 0 aliphatic rings. The lowest BCUT2D eigenvalue weighted by atomic mass is 9.96. The van der Waals surface area contributed by atoms with Crippen molar-refractivity contribution in [1.82, 2.24) is 73.0 Å². The molecule has 19 N–H and O–H groups in total. The Morgan fingerprint density at radius 3 is 1.68 bits per heavy atom. The maximum Gasteiger partial charge on any atom is 0.288 e. The van der Waals surface area contributed by atoms with Gasteiger partial charge in [0.1, 0.15) is 59.8 Å². The first-order valence-corrected chi connectivity index (χ1v) is 42.6. The molecule has 13 amide bonds. The van der Waals surface area contributed by atoms with Gasteiger partial charge in [-0.15, -0.1) is 0 Å². The van der Waals surface area contributed by atoms with E-state index in [1.807, 2.05) is 33.0 Å². The summed E-state index contributed by atoms with van der Waals surface area (Å²) in [7, 11) is -12.6. The number of nitrogens with zero attached hydrogens (tertiary/aromatic N) is 2. The quantitative estimate of drug-likeness (QED) is 0.0118. The van der Waals surface area contributed by atoms with Crippen LogP contribution in [0.3, 0.4) is 0 Å². The molecule has 10 atom stereocenters. The van der Waals surface area contributed by atoms with Gasteiger partial charge in [-0.3, -0.25) is 71.4 Å². The average Bonchev–Trinajstić information content (AvgIpc) is 0.966. The number of primary amides is 2. The molecule has 114 heavy (non-hydrogen) atoms. The summed E-state index contributed by atoms with van der Waals surface area (Å²) in [6.45, 7) is 21.7. The van der Waals surface area contributed by atoms with Gasteiger partial charge >= 0.3 is 0 Å². The number of halogens is 1. The number of nitrogens with two attached hydrogens (primary N) is 2. The predicted octanol–water partition coefficient (Wildman–Crippen LogP) is -0.205.